The third-order valence-electron chi connectivity index (χ3n) is 6.47. The lowest BCUT2D eigenvalue weighted by molar-refractivity contribution is 0.381. The van der Waals surface area contributed by atoms with Gasteiger partial charge in [0.15, 0.2) is 0 Å². The van der Waals surface area contributed by atoms with E-state index in [-0.39, 0.29) is 6.17 Å². The minimum atomic E-state index is 0.255. The normalized spacial score (nSPS) is 15.6. The van der Waals surface area contributed by atoms with Crippen molar-refractivity contribution in [1.29, 1.82) is 0 Å². The summed E-state index contributed by atoms with van der Waals surface area (Å²) < 4.78 is 2.44. The molecule has 160 valence electrons. The van der Waals surface area contributed by atoms with Crippen molar-refractivity contribution in [2.24, 2.45) is 0 Å². The number of hydrogen-bond acceptors (Lipinski definition) is 2. The summed E-state index contributed by atoms with van der Waals surface area (Å²) in [5, 5.41) is 0. The third-order valence-corrected chi connectivity index (χ3v) is 6.47. The first kappa shape index (κ1) is 20.2. The van der Waals surface area contributed by atoms with E-state index in [0.29, 0.717) is 0 Å². The van der Waals surface area contributed by atoms with Crippen LogP contribution in [0.3, 0.4) is 0 Å². The van der Waals surface area contributed by atoms with E-state index < -0.39 is 0 Å². The van der Waals surface area contributed by atoms with Crippen LogP contribution in [0.1, 0.15) is 18.2 Å². The Labute approximate surface area is 190 Å². The summed E-state index contributed by atoms with van der Waals surface area (Å²) in [7, 11) is 2.13. The SMILES string of the molecule is Cc1cc(C)n(-c2c(-c3ccccc3)cccc2-c2ccccc2)c1N1C=CN(C)[C@@H]1C. The highest BCUT2D eigenvalue weighted by Crippen LogP contribution is 2.41. The molecule has 2 heterocycles. The summed E-state index contributed by atoms with van der Waals surface area (Å²) in [5.41, 5.74) is 8.63. The first-order chi connectivity index (χ1) is 15.6. The van der Waals surface area contributed by atoms with Crippen LogP contribution < -0.4 is 4.90 Å². The van der Waals surface area contributed by atoms with Gasteiger partial charge in [0.2, 0.25) is 0 Å². The van der Waals surface area contributed by atoms with E-state index >= 15 is 0 Å². The maximum Gasteiger partial charge on any atom is 0.122 e. The van der Waals surface area contributed by atoms with Gasteiger partial charge in [0, 0.05) is 36.3 Å². The van der Waals surface area contributed by atoms with Crippen LogP contribution in [0.4, 0.5) is 5.82 Å². The van der Waals surface area contributed by atoms with Crippen molar-refractivity contribution in [3.05, 3.63) is 109 Å². The van der Waals surface area contributed by atoms with E-state index in [0.717, 1.165) is 0 Å². The van der Waals surface area contributed by atoms with E-state index in [4.69, 9.17) is 0 Å². The fraction of sp³-hybridized carbons (Fsp3) is 0.172. The molecule has 0 amide bonds. The molecular formula is C29H29N3. The zero-order valence-corrected chi connectivity index (χ0v) is 19.2. The van der Waals surface area contributed by atoms with E-state index in [1.807, 2.05) is 0 Å². The molecule has 0 saturated carbocycles. The van der Waals surface area contributed by atoms with Crippen molar-refractivity contribution in [3.8, 4) is 27.9 Å². The summed E-state index contributed by atoms with van der Waals surface area (Å²) in [5.74, 6) is 1.22. The van der Waals surface area contributed by atoms with Gasteiger partial charge in [0.05, 0.1) is 5.69 Å². The molecule has 1 atom stereocenters. The van der Waals surface area contributed by atoms with Gasteiger partial charge in [-0.1, -0.05) is 78.9 Å². The molecule has 3 heteroatoms. The molecule has 0 bridgehead atoms. The highest BCUT2D eigenvalue weighted by molar-refractivity contribution is 5.87. The van der Waals surface area contributed by atoms with E-state index in [1.165, 1.54) is 45.0 Å². The van der Waals surface area contributed by atoms with Gasteiger partial charge in [-0.25, -0.2) is 0 Å². The maximum atomic E-state index is 2.44. The molecule has 0 N–H and O–H groups in total. The average Bonchev–Trinajstić information content (AvgIpc) is 3.30. The molecule has 3 nitrogen and oxygen atoms in total. The average molecular weight is 420 g/mol. The van der Waals surface area contributed by atoms with Gasteiger partial charge in [0.1, 0.15) is 12.0 Å². The van der Waals surface area contributed by atoms with Crippen LogP contribution >= 0.6 is 0 Å². The number of benzene rings is 3. The zero-order valence-electron chi connectivity index (χ0n) is 19.2. The lowest BCUT2D eigenvalue weighted by Gasteiger charge is -2.30. The fourth-order valence-electron chi connectivity index (χ4n) is 4.74. The second-order valence-electron chi connectivity index (χ2n) is 8.56. The van der Waals surface area contributed by atoms with Crippen LogP contribution in [-0.4, -0.2) is 22.7 Å². The second kappa shape index (κ2) is 8.08. The molecule has 0 spiro atoms. The maximum absolute atomic E-state index is 2.44. The standard InChI is InChI=1S/C29H29N3/c1-21-20-22(2)32(29(21)31-19-18-30(4)23(31)3)28-26(24-12-7-5-8-13-24)16-11-17-27(28)25-14-9-6-10-15-25/h5-20,23H,1-4H3/t23-/m0/s1. The first-order valence-electron chi connectivity index (χ1n) is 11.2. The predicted molar refractivity (Wildman–Crippen MR) is 135 cm³/mol. The van der Waals surface area contributed by atoms with Crippen molar-refractivity contribution >= 4 is 5.82 Å². The molecule has 5 rings (SSSR count). The van der Waals surface area contributed by atoms with Gasteiger partial charge in [0.25, 0.3) is 0 Å². The van der Waals surface area contributed by atoms with Gasteiger partial charge in [-0.15, -0.1) is 0 Å². The number of para-hydroxylation sites is 1. The van der Waals surface area contributed by atoms with Crippen molar-refractivity contribution in [2.45, 2.75) is 26.9 Å². The number of aromatic nitrogens is 1. The number of anilines is 1. The largest absolute Gasteiger partial charge is 0.359 e. The van der Waals surface area contributed by atoms with Crippen LogP contribution in [0.15, 0.2) is 97.3 Å². The number of aryl methyl sites for hydroxylation is 2. The Morgan fingerprint density at radius 1 is 0.688 bits per heavy atom. The van der Waals surface area contributed by atoms with Crippen molar-refractivity contribution in [2.75, 3.05) is 11.9 Å². The van der Waals surface area contributed by atoms with Crippen LogP contribution in [0.5, 0.6) is 0 Å². The molecule has 0 fully saturated rings. The number of nitrogens with zero attached hydrogens (tertiary/aromatic N) is 3. The number of rotatable bonds is 4. The van der Waals surface area contributed by atoms with Gasteiger partial charge in [-0.2, -0.15) is 0 Å². The minimum Gasteiger partial charge on any atom is -0.359 e. The summed E-state index contributed by atoms with van der Waals surface area (Å²) >= 11 is 0. The molecule has 1 aliphatic heterocycles. The minimum absolute atomic E-state index is 0.255. The Bertz CT molecular complexity index is 1210. The molecule has 0 radical (unpaired) electrons. The monoisotopic (exact) mass is 419 g/mol. The quantitative estimate of drug-likeness (QED) is 0.353. The van der Waals surface area contributed by atoms with Crippen molar-refractivity contribution in [3.63, 3.8) is 0 Å². The Kier molecular flexibility index (Phi) is 5.10. The smallest absolute Gasteiger partial charge is 0.122 e. The van der Waals surface area contributed by atoms with Crippen LogP contribution in [-0.2, 0) is 0 Å². The van der Waals surface area contributed by atoms with Crippen LogP contribution in [0.2, 0.25) is 0 Å². The molecular weight excluding hydrogens is 390 g/mol. The highest BCUT2D eigenvalue weighted by atomic mass is 15.4. The van der Waals surface area contributed by atoms with Gasteiger partial charge < -0.3 is 9.80 Å². The molecule has 4 aromatic rings. The fourth-order valence-corrected chi connectivity index (χ4v) is 4.74. The molecule has 3 aromatic carbocycles. The molecule has 1 aliphatic rings. The topological polar surface area (TPSA) is 11.4 Å². The summed E-state index contributed by atoms with van der Waals surface area (Å²) in [6.07, 6.45) is 4.60. The first-order valence-corrected chi connectivity index (χ1v) is 11.2. The Balaban J connectivity index is 1.84. The molecule has 32 heavy (non-hydrogen) atoms. The number of hydrogen-bond donors (Lipinski definition) is 0. The third kappa shape index (κ3) is 3.31. The van der Waals surface area contributed by atoms with Crippen LogP contribution in [0, 0.1) is 13.8 Å². The molecule has 0 unspecified atom stereocenters. The summed E-state index contributed by atoms with van der Waals surface area (Å²) in [6.45, 7) is 6.67. The van der Waals surface area contributed by atoms with Crippen molar-refractivity contribution in [1.82, 2.24) is 9.47 Å². The van der Waals surface area contributed by atoms with E-state index in [1.54, 1.807) is 0 Å². The Hall–Kier alpha value is -3.72. The van der Waals surface area contributed by atoms with Crippen molar-refractivity contribution < 1.29 is 0 Å². The Morgan fingerprint density at radius 3 is 1.75 bits per heavy atom. The molecule has 1 aromatic heterocycles. The van der Waals surface area contributed by atoms with E-state index in [2.05, 4.69) is 140 Å². The lowest BCUT2D eigenvalue weighted by Crippen LogP contribution is -2.35. The van der Waals surface area contributed by atoms with Gasteiger partial charge in [-0.05, 0) is 43.5 Å². The summed E-state index contributed by atoms with van der Waals surface area (Å²) in [6, 6.07) is 30.4. The molecule has 0 aliphatic carbocycles. The zero-order chi connectivity index (χ0) is 22.2. The predicted octanol–water partition coefficient (Wildman–Crippen LogP) is 7.00. The van der Waals surface area contributed by atoms with Crippen LogP contribution in [0.25, 0.3) is 27.9 Å². The van der Waals surface area contributed by atoms with Gasteiger partial charge >= 0.3 is 0 Å². The second-order valence-corrected chi connectivity index (χ2v) is 8.56. The molecule has 0 saturated heterocycles. The summed E-state index contributed by atoms with van der Waals surface area (Å²) in [4.78, 5) is 4.62. The van der Waals surface area contributed by atoms with Gasteiger partial charge in [-0.3, -0.25) is 4.57 Å². The highest BCUT2D eigenvalue weighted by Gasteiger charge is 2.27. The lowest BCUT2D eigenvalue weighted by atomic mass is 9.95. The Morgan fingerprint density at radius 2 is 1.25 bits per heavy atom. The van der Waals surface area contributed by atoms with E-state index in [9.17, 15) is 0 Å².